The highest BCUT2D eigenvalue weighted by atomic mass is 35.5. The van der Waals surface area contributed by atoms with Gasteiger partial charge in [-0.1, -0.05) is 41.4 Å². The van der Waals surface area contributed by atoms with Crippen molar-refractivity contribution >= 4 is 50.8 Å². The molecule has 3 aromatic rings. The summed E-state index contributed by atoms with van der Waals surface area (Å²) in [7, 11) is -4.03. The van der Waals surface area contributed by atoms with Crippen molar-refractivity contribution in [3.63, 3.8) is 0 Å². The number of amides is 1. The van der Waals surface area contributed by atoms with Crippen LogP contribution in [-0.4, -0.2) is 44.0 Å². The van der Waals surface area contributed by atoms with Crippen molar-refractivity contribution in [2.24, 2.45) is 0 Å². The minimum Gasteiger partial charge on any atom is -0.447 e. The van der Waals surface area contributed by atoms with Crippen LogP contribution in [0.1, 0.15) is 41.0 Å². The summed E-state index contributed by atoms with van der Waals surface area (Å²) in [6, 6.07) is 12.5. The fourth-order valence-corrected chi connectivity index (χ4v) is 6.51. The van der Waals surface area contributed by atoms with Crippen LogP contribution >= 0.6 is 23.2 Å². The molecule has 1 atom stereocenters. The quantitative estimate of drug-likeness (QED) is 0.379. The van der Waals surface area contributed by atoms with Gasteiger partial charge in [-0.2, -0.15) is 0 Å². The molecule has 2 aromatic carbocycles. The molecule has 1 N–H and O–H groups in total. The predicted octanol–water partition coefficient (Wildman–Crippen LogP) is 5.38. The van der Waals surface area contributed by atoms with E-state index in [2.05, 4.69) is 10.3 Å². The van der Waals surface area contributed by atoms with Gasteiger partial charge in [0.1, 0.15) is 0 Å². The standard InChI is InChI=1S/C27H27Cl2N3O5S/c1-16(2)37-27(34)31-19-13-23-24(32(15-19)38(35,36)20-7-4-6-17(3)10-20)11-18(14-30-23)12-25(33)26-21(28)8-5-9-22(26)29/h4-11,14,16,19H,12-13,15H2,1-3H3,(H,31,34)/t19-/m0/s1. The number of ether oxygens (including phenoxy) is 1. The van der Waals surface area contributed by atoms with Crippen LogP contribution in [0.4, 0.5) is 10.5 Å². The second kappa shape index (κ2) is 11.3. The van der Waals surface area contributed by atoms with Gasteiger partial charge in [-0.25, -0.2) is 13.2 Å². The topological polar surface area (TPSA) is 106 Å². The maximum absolute atomic E-state index is 13.8. The third-order valence-corrected chi connectivity index (χ3v) is 8.35. The first-order valence-electron chi connectivity index (χ1n) is 12.0. The van der Waals surface area contributed by atoms with Crippen LogP contribution in [-0.2, 0) is 27.6 Å². The third-order valence-electron chi connectivity index (χ3n) is 5.95. The molecule has 1 amide bonds. The summed E-state index contributed by atoms with van der Waals surface area (Å²) in [5.41, 5.74) is 2.30. The molecule has 200 valence electrons. The molecule has 2 heterocycles. The molecular weight excluding hydrogens is 549 g/mol. The first-order chi connectivity index (χ1) is 18.0. The Hall–Kier alpha value is -3.14. The number of pyridine rings is 1. The molecule has 0 unspecified atom stereocenters. The average Bonchev–Trinajstić information content (AvgIpc) is 2.83. The van der Waals surface area contributed by atoms with Crippen LogP contribution in [0.15, 0.2) is 59.6 Å². The van der Waals surface area contributed by atoms with E-state index in [1.807, 2.05) is 0 Å². The number of aromatic nitrogens is 1. The van der Waals surface area contributed by atoms with Gasteiger partial charge in [-0.3, -0.25) is 14.1 Å². The van der Waals surface area contributed by atoms with Crippen LogP contribution < -0.4 is 9.62 Å². The fraction of sp³-hybridized carbons (Fsp3) is 0.296. The summed E-state index contributed by atoms with van der Waals surface area (Å²) in [6.45, 7) is 5.22. The van der Waals surface area contributed by atoms with Gasteiger partial charge in [0.15, 0.2) is 5.78 Å². The monoisotopic (exact) mass is 575 g/mol. The summed E-state index contributed by atoms with van der Waals surface area (Å²) in [5.74, 6) is -0.317. The number of ketones is 1. The molecule has 4 rings (SSSR count). The van der Waals surface area contributed by atoms with Gasteiger partial charge in [-0.05, 0) is 62.2 Å². The minimum atomic E-state index is -4.03. The zero-order chi connectivity index (χ0) is 27.6. The number of halogens is 2. The molecule has 38 heavy (non-hydrogen) atoms. The summed E-state index contributed by atoms with van der Waals surface area (Å²) < 4.78 is 34.0. The molecule has 0 spiro atoms. The van der Waals surface area contributed by atoms with E-state index in [9.17, 15) is 18.0 Å². The fourth-order valence-electron chi connectivity index (χ4n) is 4.27. The zero-order valence-electron chi connectivity index (χ0n) is 21.1. The van der Waals surface area contributed by atoms with E-state index in [0.717, 1.165) is 5.56 Å². The zero-order valence-corrected chi connectivity index (χ0v) is 23.4. The number of alkyl carbamates (subject to hydrolysis) is 1. The van der Waals surface area contributed by atoms with E-state index >= 15 is 0 Å². The highest BCUT2D eigenvalue weighted by Gasteiger charge is 2.35. The van der Waals surface area contributed by atoms with Gasteiger partial charge >= 0.3 is 6.09 Å². The van der Waals surface area contributed by atoms with Gasteiger partial charge in [0.05, 0.1) is 50.6 Å². The number of fused-ring (bicyclic) bond motifs is 1. The third kappa shape index (κ3) is 6.11. The number of aryl methyl sites for hydroxylation is 1. The molecule has 0 saturated carbocycles. The van der Waals surface area contributed by atoms with Crippen molar-refractivity contribution in [3.8, 4) is 0 Å². The van der Waals surface area contributed by atoms with E-state index < -0.39 is 22.2 Å². The maximum Gasteiger partial charge on any atom is 0.407 e. The average molecular weight is 577 g/mol. The molecule has 8 nitrogen and oxygen atoms in total. The SMILES string of the molecule is Cc1cccc(S(=O)(=O)N2C[C@@H](NC(=O)OC(C)C)Cc3ncc(CC(=O)c4c(Cl)cccc4Cl)cc32)c1. The van der Waals surface area contributed by atoms with E-state index in [0.29, 0.717) is 16.9 Å². The number of carbonyl (C=O) groups excluding carboxylic acids is 2. The number of nitrogens with zero attached hydrogens (tertiary/aromatic N) is 2. The molecule has 1 aliphatic heterocycles. The lowest BCUT2D eigenvalue weighted by Gasteiger charge is -2.35. The Bertz CT molecular complexity index is 1470. The smallest absolute Gasteiger partial charge is 0.407 e. The van der Waals surface area contributed by atoms with E-state index in [1.165, 1.54) is 16.6 Å². The number of hydrogen-bond acceptors (Lipinski definition) is 6. The second-order valence-electron chi connectivity index (χ2n) is 9.36. The Morgan fingerprint density at radius 1 is 1.13 bits per heavy atom. The number of Topliss-reactive ketones (excluding diaryl/α,β-unsaturated/α-hetero) is 1. The Morgan fingerprint density at radius 3 is 2.47 bits per heavy atom. The first-order valence-corrected chi connectivity index (χ1v) is 14.2. The first kappa shape index (κ1) is 27.9. The van der Waals surface area contributed by atoms with Gasteiger partial charge in [0.2, 0.25) is 0 Å². The van der Waals surface area contributed by atoms with Gasteiger partial charge in [0, 0.05) is 19.0 Å². The molecule has 1 aromatic heterocycles. The van der Waals surface area contributed by atoms with Crippen molar-refractivity contribution in [2.45, 2.75) is 50.7 Å². The molecule has 0 bridgehead atoms. The van der Waals surface area contributed by atoms with Crippen molar-refractivity contribution in [2.75, 3.05) is 10.8 Å². The normalized spacial score (nSPS) is 15.2. The number of hydrogen-bond donors (Lipinski definition) is 1. The summed E-state index contributed by atoms with van der Waals surface area (Å²) in [6.07, 6.45) is 0.758. The Kier molecular flexibility index (Phi) is 8.30. The minimum absolute atomic E-state index is 0.0358. The lowest BCUT2D eigenvalue weighted by molar-refractivity contribution is 0.0992. The number of rotatable bonds is 7. The summed E-state index contributed by atoms with van der Waals surface area (Å²) in [5, 5.41) is 3.22. The van der Waals surface area contributed by atoms with Crippen LogP contribution in [0, 0.1) is 6.92 Å². The highest BCUT2D eigenvalue weighted by Crippen LogP contribution is 2.33. The number of carbonyl (C=O) groups is 2. The molecule has 1 aliphatic rings. The molecule has 0 radical (unpaired) electrons. The Labute approximate surface area is 232 Å². The lowest BCUT2D eigenvalue weighted by Crippen LogP contribution is -2.50. The lowest BCUT2D eigenvalue weighted by atomic mass is 10.0. The molecule has 0 saturated heterocycles. The largest absolute Gasteiger partial charge is 0.447 e. The van der Waals surface area contributed by atoms with Gasteiger partial charge in [-0.15, -0.1) is 0 Å². The van der Waals surface area contributed by atoms with Crippen molar-refractivity contribution in [1.29, 1.82) is 0 Å². The van der Waals surface area contributed by atoms with Crippen LogP contribution in [0.25, 0.3) is 0 Å². The van der Waals surface area contributed by atoms with E-state index in [-0.39, 0.29) is 51.8 Å². The Morgan fingerprint density at radius 2 is 1.82 bits per heavy atom. The molecular formula is C27H27Cl2N3O5S. The summed E-state index contributed by atoms with van der Waals surface area (Å²) >= 11 is 12.4. The van der Waals surface area contributed by atoms with Gasteiger partial charge < -0.3 is 10.1 Å². The highest BCUT2D eigenvalue weighted by molar-refractivity contribution is 7.92. The van der Waals surface area contributed by atoms with Crippen LogP contribution in [0.2, 0.25) is 10.0 Å². The summed E-state index contributed by atoms with van der Waals surface area (Å²) in [4.78, 5) is 29.9. The van der Waals surface area contributed by atoms with Crippen molar-refractivity contribution in [3.05, 3.63) is 87.2 Å². The Balaban J connectivity index is 1.71. The van der Waals surface area contributed by atoms with E-state index in [4.69, 9.17) is 27.9 Å². The van der Waals surface area contributed by atoms with Crippen LogP contribution in [0.3, 0.4) is 0 Å². The molecule has 11 heteroatoms. The second-order valence-corrected chi connectivity index (χ2v) is 12.0. The number of nitrogens with one attached hydrogen (secondary N) is 1. The van der Waals surface area contributed by atoms with Crippen molar-refractivity contribution in [1.82, 2.24) is 10.3 Å². The predicted molar refractivity (Wildman–Crippen MR) is 147 cm³/mol. The van der Waals surface area contributed by atoms with Crippen molar-refractivity contribution < 1.29 is 22.7 Å². The van der Waals surface area contributed by atoms with Gasteiger partial charge in [0.25, 0.3) is 10.0 Å². The van der Waals surface area contributed by atoms with Crippen LogP contribution in [0.5, 0.6) is 0 Å². The molecule has 0 fully saturated rings. The van der Waals surface area contributed by atoms with E-state index in [1.54, 1.807) is 63.2 Å². The number of benzene rings is 2. The maximum atomic E-state index is 13.8. The molecule has 0 aliphatic carbocycles. The number of anilines is 1. The number of sulfonamides is 1.